The van der Waals surface area contributed by atoms with Gasteiger partial charge in [0.2, 0.25) is 0 Å². The molecule has 1 aliphatic rings. The summed E-state index contributed by atoms with van der Waals surface area (Å²) in [6.07, 6.45) is 9.69. The third kappa shape index (κ3) is 4.15. The minimum absolute atomic E-state index is 0.680. The highest BCUT2D eigenvalue weighted by Crippen LogP contribution is 2.20. The summed E-state index contributed by atoms with van der Waals surface area (Å²) in [4.78, 5) is 4.21. The number of pyridine rings is 1. The van der Waals surface area contributed by atoms with Crippen LogP contribution in [0.15, 0.2) is 24.5 Å². The second-order valence-corrected chi connectivity index (χ2v) is 4.75. The molecular weight excluding hydrogens is 224 g/mol. The number of allylic oxidation sites excluding steroid dienone is 1. The molecule has 0 radical (unpaired) electrons. The lowest BCUT2D eigenvalue weighted by molar-refractivity contribution is 0.339. The molecule has 0 unspecified atom stereocenters. The SMILES string of the molecule is CCOc1cncc(/C(C)=C/CCNC2CC2)c1. The fourth-order valence-corrected chi connectivity index (χ4v) is 1.86. The maximum absolute atomic E-state index is 5.46. The molecule has 1 aliphatic carbocycles. The topological polar surface area (TPSA) is 34.1 Å². The molecule has 0 bridgehead atoms. The number of aromatic nitrogens is 1. The van der Waals surface area contributed by atoms with E-state index in [4.69, 9.17) is 4.74 Å². The first kappa shape index (κ1) is 13.1. The molecule has 1 aromatic heterocycles. The van der Waals surface area contributed by atoms with E-state index in [1.165, 1.54) is 18.4 Å². The standard InChI is InChI=1S/C15H22N2O/c1-3-18-15-9-13(10-16-11-15)12(2)5-4-8-17-14-6-7-14/h5,9-11,14,17H,3-4,6-8H2,1-2H3/b12-5+. The smallest absolute Gasteiger partial charge is 0.138 e. The molecule has 2 rings (SSSR count). The van der Waals surface area contributed by atoms with Crippen molar-refractivity contribution in [1.82, 2.24) is 10.3 Å². The van der Waals surface area contributed by atoms with Crippen LogP contribution in [0.3, 0.4) is 0 Å². The molecule has 3 heteroatoms. The van der Waals surface area contributed by atoms with Gasteiger partial charge in [-0.15, -0.1) is 0 Å². The largest absolute Gasteiger partial charge is 0.492 e. The normalized spacial score (nSPS) is 15.8. The van der Waals surface area contributed by atoms with Crippen molar-refractivity contribution >= 4 is 5.57 Å². The van der Waals surface area contributed by atoms with Crippen LogP contribution in [0.5, 0.6) is 5.75 Å². The van der Waals surface area contributed by atoms with E-state index in [9.17, 15) is 0 Å². The zero-order chi connectivity index (χ0) is 12.8. The van der Waals surface area contributed by atoms with Gasteiger partial charge in [0, 0.05) is 12.2 Å². The third-order valence-corrected chi connectivity index (χ3v) is 3.08. The Balaban J connectivity index is 1.87. The van der Waals surface area contributed by atoms with E-state index in [0.717, 1.165) is 30.3 Å². The third-order valence-electron chi connectivity index (χ3n) is 3.08. The van der Waals surface area contributed by atoms with Gasteiger partial charge >= 0.3 is 0 Å². The summed E-state index contributed by atoms with van der Waals surface area (Å²) in [5, 5.41) is 3.51. The van der Waals surface area contributed by atoms with Gasteiger partial charge in [-0.1, -0.05) is 6.08 Å². The van der Waals surface area contributed by atoms with E-state index in [-0.39, 0.29) is 0 Å². The number of ether oxygens (including phenoxy) is 1. The Bertz CT molecular complexity index is 411. The Morgan fingerprint density at radius 3 is 3.06 bits per heavy atom. The van der Waals surface area contributed by atoms with Gasteiger partial charge in [0.1, 0.15) is 5.75 Å². The van der Waals surface area contributed by atoms with Crippen LogP contribution in [0.25, 0.3) is 5.57 Å². The summed E-state index contributed by atoms with van der Waals surface area (Å²) in [7, 11) is 0. The average molecular weight is 246 g/mol. The van der Waals surface area contributed by atoms with Crippen molar-refractivity contribution in [3.63, 3.8) is 0 Å². The predicted octanol–water partition coefficient (Wildman–Crippen LogP) is 3.03. The Hall–Kier alpha value is -1.35. The second kappa shape index (κ2) is 6.55. The summed E-state index contributed by atoms with van der Waals surface area (Å²) < 4.78 is 5.46. The minimum atomic E-state index is 0.680. The first-order chi connectivity index (χ1) is 8.79. The van der Waals surface area contributed by atoms with E-state index in [1.54, 1.807) is 6.20 Å². The monoisotopic (exact) mass is 246 g/mol. The zero-order valence-corrected chi connectivity index (χ0v) is 11.3. The highest BCUT2D eigenvalue weighted by molar-refractivity contribution is 5.63. The van der Waals surface area contributed by atoms with Crippen LogP contribution in [0.1, 0.15) is 38.7 Å². The highest BCUT2D eigenvalue weighted by Gasteiger charge is 2.19. The zero-order valence-electron chi connectivity index (χ0n) is 11.3. The molecule has 18 heavy (non-hydrogen) atoms. The molecule has 0 amide bonds. The van der Waals surface area contributed by atoms with Crippen molar-refractivity contribution < 1.29 is 4.74 Å². The molecule has 1 heterocycles. The van der Waals surface area contributed by atoms with Gasteiger partial charge in [0.25, 0.3) is 0 Å². The van der Waals surface area contributed by atoms with Crippen LogP contribution in [0.2, 0.25) is 0 Å². The van der Waals surface area contributed by atoms with Gasteiger partial charge in [-0.25, -0.2) is 0 Å². The van der Waals surface area contributed by atoms with E-state index >= 15 is 0 Å². The second-order valence-electron chi connectivity index (χ2n) is 4.75. The first-order valence-corrected chi connectivity index (χ1v) is 6.78. The quantitative estimate of drug-likeness (QED) is 0.751. The van der Waals surface area contributed by atoms with Crippen molar-refractivity contribution in [2.24, 2.45) is 0 Å². The molecule has 3 nitrogen and oxygen atoms in total. The predicted molar refractivity (Wildman–Crippen MR) is 74.7 cm³/mol. The van der Waals surface area contributed by atoms with Gasteiger partial charge in [-0.05, 0) is 56.9 Å². The van der Waals surface area contributed by atoms with Crippen molar-refractivity contribution in [2.45, 2.75) is 39.2 Å². The number of hydrogen-bond donors (Lipinski definition) is 1. The lowest BCUT2D eigenvalue weighted by atomic mass is 10.1. The fourth-order valence-electron chi connectivity index (χ4n) is 1.86. The van der Waals surface area contributed by atoms with Crippen LogP contribution in [0, 0.1) is 0 Å². The Kier molecular flexibility index (Phi) is 4.76. The van der Waals surface area contributed by atoms with Crippen LogP contribution in [0.4, 0.5) is 0 Å². The fraction of sp³-hybridized carbons (Fsp3) is 0.533. The summed E-state index contributed by atoms with van der Waals surface area (Å²) in [6.45, 7) is 5.86. The molecule has 98 valence electrons. The summed E-state index contributed by atoms with van der Waals surface area (Å²) in [5.74, 6) is 0.846. The van der Waals surface area contributed by atoms with E-state index in [0.29, 0.717) is 6.61 Å². The van der Waals surface area contributed by atoms with E-state index < -0.39 is 0 Å². The molecule has 1 N–H and O–H groups in total. The molecule has 0 spiro atoms. The Morgan fingerprint density at radius 1 is 1.50 bits per heavy atom. The van der Waals surface area contributed by atoms with Crippen molar-refractivity contribution in [3.8, 4) is 5.75 Å². The van der Waals surface area contributed by atoms with Crippen LogP contribution < -0.4 is 10.1 Å². The molecule has 1 saturated carbocycles. The van der Waals surface area contributed by atoms with Gasteiger partial charge in [-0.3, -0.25) is 4.98 Å². The minimum Gasteiger partial charge on any atom is -0.492 e. The lowest BCUT2D eigenvalue weighted by Crippen LogP contribution is -2.16. The summed E-state index contributed by atoms with van der Waals surface area (Å²) in [6, 6.07) is 2.85. The molecule has 0 aliphatic heterocycles. The van der Waals surface area contributed by atoms with E-state index in [1.807, 2.05) is 13.1 Å². The number of nitrogens with one attached hydrogen (secondary N) is 1. The van der Waals surface area contributed by atoms with Crippen molar-refractivity contribution in [1.29, 1.82) is 0 Å². The molecule has 0 aromatic carbocycles. The Morgan fingerprint density at radius 2 is 2.33 bits per heavy atom. The van der Waals surface area contributed by atoms with Gasteiger partial charge < -0.3 is 10.1 Å². The molecule has 0 saturated heterocycles. The van der Waals surface area contributed by atoms with Gasteiger partial charge in [0.05, 0.1) is 12.8 Å². The average Bonchev–Trinajstić information content (AvgIpc) is 3.19. The maximum atomic E-state index is 5.46. The Labute approximate surface area is 109 Å². The number of nitrogens with zero attached hydrogens (tertiary/aromatic N) is 1. The van der Waals surface area contributed by atoms with Crippen molar-refractivity contribution in [3.05, 3.63) is 30.1 Å². The first-order valence-electron chi connectivity index (χ1n) is 6.78. The van der Waals surface area contributed by atoms with Gasteiger partial charge in [0.15, 0.2) is 0 Å². The lowest BCUT2D eigenvalue weighted by Gasteiger charge is -2.06. The van der Waals surface area contributed by atoms with Gasteiger partial charge in [-0.2, -0.15) is 0 Å². The molecule has 1 fully saturated rings. The molecule has 1 aromatic rings. The highest BCUT2D eigenvalue weighted by atomic mass is 16.5. The summed E-state index contributed by atoms with van der Waals surface area (Å²) >= 11 is 0. The summed E-state index contributed by atoms with van der Waals surface area (Å²) in [5.41, 5.74) is 2.41. The van der Waals surface area contributed by atoms with E-state index in [2.05, 4.69) is 29.4 Å². The van der Waals surface area contributed by atoms with Crippen LogP contribution in [-0.2, 0) is 0 Å². The number of hydrogen-bond acceptors (Lipinski definition) is 3. The van der Waals surface area contributed by atoms with Crippen LogP contribution >= 0.6 is 0 Å². The maximum Gasteiger partial charge on any atom is 0.138 e. The number of rotatable bonds is 7. The van der Waals surface area contributed by atoms with Crippen molar-refractivity contribution in [2.75, 3.05) is 13.2 Å². The molecular formula is C15H22N2O. The van der Waals surface area contributed by atoms with Crippen LogP contribution in [-0.4, -0.2) is 24.2 Å². The molecule has 0 atom stereocenters.